The van der Waals surface area contributed by atoms with Crippen molar-refractivity contribution in [3.63, 3.8) is 0 Å². The van der Waals surface area contributed by atoms with Gasteiger partial charge in [-0.15, -0.1) is 12.4 Å². The van der Waals surface area contributed by atoms with Gasteiger partial charge in [0.15, 0.2) is 0 Å². The van der Waals surface area contributed by atoms with Crippen molar-refractivity contribution in [1.29, 1.82) is 0 Å². The topological polar surface area (TPSA) is 89.4 Å². The molecule has 5 nitrogen and oxygen atoms in total. The Kier molecular flexibility index (Phi) is 5.54. The SMILES string of the molecule is CC(C)(CO)[C@@H](N)c1ccc([N+](=O)[O-])cc1.Cl. The van der Waals surface area contributed by atoms with Gasteiger partial charge in [0.2, 0.25) is 0 Å². The molecule has 0 spiro atoms. The van der Waals surface area contributed by atoms with E-state index >= 15 is 0 Å². The molecule has 0 amide bonds. The van der Waals surface area contributed by atoms with Gasteiger partial charge < -0.3 is 10.8 Å². The lowest BCUT2D eigenvalue weighted by Gasteiger charge is -2.29. The van der Waals surface area contributed by atoms with Gasteiger partial charge in [-0.25, -0.2) is 0 Å². The summed E-state index contributed by atoms with van der Waals surface area (Å²) in [5.74, 6) is 0. The third-order valence-electron chi connectivity index (χ3n) is 2.71. The molecule has 0 aliphatic rings. The molecule has 1 rings (SSSR count). The second-order valence-electron chi connectivity index (χ2n) is 4.47. The summed E-state index contributed by atoms with van der Waals surface area (Å²) in [6, 6.07) is 5.74. The van der Waals surface area contributed by atoms with Gasteiger partial charge in [-0.1, -0.05) is 26.0 Å². The predicted molar refractivity (Wildman–Crippen MR) is 68.1 cm³/mol. The Morgan fingerprint density at radius 3 is 2.24 bits per heavy atom. The maximum atomic E-state index is 10.5. The van der Waals surface area contributed by atoms with E-state index in [0.29, 0.717) is 0 Å². The van der Waals surface area contributed by atoms with E-state index in [1.165, 1.54) is 12.1 Å². The highest BCUT2D eigenvalue weighted by molar-refractivity contribution is 5.85. The number of hydrogen-bond acceptors (Lipinski definition) is 4. The Balaban J connectivity index is 0.00000256. The molecular formula is C11H17ClN2O3. The van der Waals surface area contributed by atoms with Crippen molar-refractivity contribution < 1.29 is 10.0 Å². The van der Waals surface area contributed by atoms with Crippen LogP contribution in [0.15, 0.2) is 24.3 Å². The van der Waals surface area contributed by atoms with Crippen molar-refractivity contribution in [3.8, 4) is 0 Å². The van der Waals surface area contributed by atoms with E-state index in [1.54, 1.807) is 12.1 Å². The number of benzene rings is 1. The summed E-state index contributed by atoms with van der Waals surface area (Å²) in [5, 5.41) is 19.6. The molecule has 0 saturated carbocycles. The van der Waals surface area contributed by atoms with Gasteiger partial charge in [0.1, 0.15) is 0 Å². The first-order valence-electron chi connectivity index (χ1n) is 4.99. The molecule has 0 aliphatic heterocycles. The Bertz CT molecular complexity index is 379. The van der Waals surface area contributed by atoms with E-state index in [1.807, 2.05) is 13.8 Å². The Hall–Kier alpha value is -1.17. The monoisotopic (exact) mass is 260 g/mol. The van der Waals surface area contributed by atoms with Gasteiger partial charge in [0.25, 0.3) is 5.69 Å². The van der Waals surface area contributed by atoms with Crippen LogP contribution in [0.4, 0.5) is 5.69 Å². The maximum absolute atomic E-state index is 10.5. The lowest BCUT2D eigenvalue weighted by Crippen LogP contribution is -2.32. The van der Waals surface area contributed by atoms with Gasteiger partial charge in [-0.3, -0.25) is 10.1 Å². The van der Waals surface area contributed by atoms with Crippen LogP contribution >= 0.6 is 12.4 Å². The van der Waals surface area contributed by atoms with Crippen molar-refractivity contribution in [3.05, 3.63) is 39.9 Å². The molecule has 17 heavy (non-hydrogen) atoms. The van der Waals surface area contributed by atoms with Gasteiger partial charge in [0, 0.05) is 30.2 Å². The summed E-state index contributed by atoms with van der Waals surface area (Å²) >= 11 is 0. The molecule has 1 aromatic carbocycles. The van der Waals surface area contributed by atoms with Crippen molar-refractivity contribution in [2.75, 3.05) is 6.61 Å². The van der Waals surface area contributed by atoms with E-state index in [2.05, 4.69) is 0 Å². The number of nitrogens with two attached hydrogens (primary N) is 1. The van der Waals surface area contributed by atoms with Crippen LogP contribution in [0, 0.1) is 15.5 Å². The summed E-state index contributed by atoms with van der Waals surface area (Å²) < 4.78 is 0. The van der Waals surface area contributed by atoms with Gasteiger partial charge >= 0.3 is 0 Å². The minimum absolute atomic E-state index is 0. The molecule has 0 heterocycles. The van der Waals surface area contributed by atoms with Gasteiger partial charge in [-0.2, -0.15) is 0 Å². The maximum Gasteiger partial charge on any atom is 0.269 e. The number of halogens is 1. The number of aliphatic hydroxyl groups is 1. The zero-order valence-electron chi connectivity index (χ0n) is 9.79. The average molecular weight is 261 g/mol. The zero-order chi connectivity index (χ0) is 12.3. The molecule has 96 valence electrons. The van der Waals surface area contributed by atoms with E-state index in [4.69, 9.17) is 5.73 Å². The summed E-state index contributed by atoms with van der Waals surface area (Å²) in [6.07, 6.45) is 0. The number of nitro benzene ring substituents is 1. The lowest BCUT2D eigenvalue weighted by atomic mass is 9.82. The summed E-state index contributed by atoms with van der Waals surface area (Å²) in [7, 11) is 0. The quantitative estimate of drug-likeness (QED) is 0.640. The lowest BCUT2D eigenvalue weighted by molar-refractivity contribution is -0.384. The Labute approximate surface area is 106 Å². The first-order valence-corrected chi connectivity index (χ1v) is 4.99. The van der Waals surface area contributed by atoms with Crippen LogP contribution in [-0.4, -0.2) is 16.6 Å². The van der Waals surface area contributed by atoms with Crippen LogP contribution in [0.3, 0.4) is 0 Å². The number of nitrogens with zero attached hydrogens (tertiary/aromatic N) is 1. The fourth-order valence-electron chi connectivity index (χ4n) is 1.35. The molecule has 0 fully saturated rings. The minimum atomic E-state index is -0.452. The zero-order valence-corrected chi connectivity index (χ0v) is 10.6. The van der Waals surface area contributed by atoms with E-state index in [-0.39, 0.29) is 30.7 Å². The van der Waals surface area contributed by atoms with Crippen molar-refractivity contribution >= 4 is 18.1 Å². The second-order valence-corrected chi connectivity index (χ2v) is 4.47. The van der Waals surface area contributed by atoms with Crippen LogP contribution in [-0.2, 0) is 0 Å². The number of hydrogen-bond donors (Lipinski definition) is 2. The van der Waals surface area contributed by atoms with Gasteiger partial charge in [-0.05, 0) is 5.56 Å². The molecule has 1 atom stereocenters. The van der Waals surface area contributed by atoms with Crippen LogP contribution in [0.1, 0.15) is 25.5 Å². The highest BCUT2D eigenvalue weighted by Gasteiger charge is 2.27. The Morgan fingerprint density at radius 1 is 1.41 bits per heavy atom. The predicted octanol–water partition coefficient (Wildman–Crippen LogP) is 2.03. The molecule has 3 N–H and O–H groups in total. The summed E-state index contributed by atoms with van der Waals surface area (Å²) in [6.45, 7) is 3.66. The first kappa shape index (κ1) is 15.8. The fourth-order valence-corrected chi connectivity index (χ4v) is 1.35. The van der Waals surface area contributed by atoms with E-state index in [9.17, 15) is 15.2 Å². The standard InChI is InChI=1S/C11H16N2O3.ClH/c1-11(2,7-14)10(12)8-3-5-9(6-4-8)13(15)16;/h3-6,10,14H,7,12H2,1-2H3;1H/t10-;/m0./s1. The Morgan fingerprint density at radius 2 is 1.88 bits per heavy atom. The minimum Gasteiger partial charge on any atom is -0.396 e. The van der Waals surface area contributed by atoms with E-state index in [0.717, 1.165) is 5.56 Å². The van der Waals surface area contributed by atoms with Gasteiger partial charge in [0.05, 0.1) is 4.92 Å². The number of non-ortho nitro benzene ring substituents is 1. The van der Waals surface area contributed by atoms with Crippen molar-refractivity contribution in [2.45, 2.75) is 19.9 Å². The molecule has 1 aromatic rings. The largest absolute Gasteiger partial charge is 0.396 e. The third-order valence-corrected chi connectivity index (χ3v) is 2.71. The smallest absolute Gasteiger partial charge is 0.269 e. The number of nitro groups is 1. The van der Waals surface area contributed by atoms with E-state index < -0.39 is 10.3 Å². The number of aliphatic hydroxyl groups excluding tert-OH is 1. The summed E-state index contributed by atoms with van der Waals surface area (Å²) in [4.78, 5) is 10.0. The second kappa shape index (κ2) is 5.95. The summed E-state index contributed by atoms with van der Waals surface area (Å²) in [5.41, 5.74) is 6.35. The van der Waals surface area contributed by atoms with Crippen LogP contribution in [0.25, 0.3) is 0 Å². The molecule has 0 radical (unpaired) electrons. The van der Waals surface area contributed by atoms with Crippen LogP contribution < -0.4 is 5.73 Å². The molecule has 0 aromatic heterocycles. The molecular weight excluding hydrogens is 244 g/mol. The first-order chi connectivity index (χ1) is 7.38. The highest BCUT2D eigenvalue weighted by Crippen LogP contribution is 2.31. The highest BCUT2D eigenvalue weighted by atomic mass is 35.5. The number of rotatable bonds is 4. The molecule has 0 aliphatic carbocycles. The molecule has 0 unspecified atom stereocenters. The average Bonchev–Trinajstić information content (AvgIpc) is 2.28. The van der Waals surface area contributed by atoms with Crippen LogP contribution in [0.5, 0.6) is 0 Å². The fraction of sp³-hybridized carbons (Fsp3) is 0.455. The molecule has 0 saturated heterocycles. The van der Waals surface area contributed by atoms with Crippen LogP contribution in [0.2, 0.25) is 0 Å². The molecule has 6 heteroatoms. The molecule has 0 bridgehead atoms. The van der Waals surface area contributed by atoms with Crippen molar-refractivity contribution in [2.24, 2.45) is 11.1 Å². The third kappa shape index (κ3) is 3.66. The normalized spacial score (nSPS) is 12.7. The van der Waals surface area contributed by atoms with Crippen molar-refractivity contribution in [1.82, 2.24) is 0 Å².